The van der Waals surface area contributed by atoms with Crippen molar-refractivity contribution in [2.75, 3.05) is 6.54 Å². The fourth-order valence-electron chi connectivity index (χ4n) is 3.08. The van der Waals surface area contributed by atoms with Crippen LogP contribution in [0.1, 0.15) is 103 Å². The molecule has 1 amide bonds. The zero-order valence-corrected chi connectivity index (χ0v) is 16.6. The van der Waals surface area contributed by atoms with Crippen LogP contribution in [-0.2, 0) is 9.59 Å². The Kier molecular flexibility index (Phi) is 15.4. The predicted octanol–water partition coefficient (Wildman–Crippen LogP) is 3.71. The molecule has 0 aliphatic heterocycles. The lowest BCUT2D eigenvalue weighted by atomic mass is 10.0. The summed E-state index contributed by atoms with van der Waals surface area (Å²) in [7, 11) is 0. The first-order valence-electron chi connectivity index (χ1n) is 10.4. The van der Waals surface area contributed by atoms with Gasteiger partial charge in [0.1, 0.15) is 0 Å². The Hall–Kier alpha value is -1.14. The fraction of sp³-hybridized carbons (Fsp3) is 0.900. The Morgan fingerprint density at radius 2 is 1.19 bits per heavy atom. The highest BCUT2D eigenvalue weighted by Crippen LogP contribution is 2.16. The number of carbonyl (C=O) groups excluding carboxylic acids is 1. The van der Waals surface area contributed by atoms with E-state index >= 15 is 0 Å². The second-order valence-corrected chi connectivity index (χ2v) is 7.26. The lowest BCUT2D eigenvalue weighted by molar-refractivity contribution is -0.166. The number of hydrogen-bond donors (Lipinski definition) is 4. The second kappa shape index (κ2) is 16.1. The summed E-state index contributed by atoms with van der Waals surface area (Å²) in [5, 5.41) is 21.2. The predicted molar refractivity (Wildman–Crippen MR) is 105 cm³/mol. The average Bonchev–Trinajstić information content (AvgIpc) is 2.61. The number of amides is 1. The monoisotopic (exact) mass is 372 g/mol. The first kappa shape index (κ1) is 24.9. The number of aliphatic hydroxyl groups is 1. The Balaban J connectivity index is 3.54. The highest BCUT2D eigenvalue weighted by Gasteiger charge is 2.36. The Morgan fingerprint density at radius 1 is 0.808 bits per heavy atom. The molecule has 154 valence electrons. The second-order valence-electron chi connectivity index (χ2n) is 7.26. The quantitative estimate of drug-likeness (QED) is 0.216. The van der Waals surface area contributed by atoms with E-state index in [1.807, 2.05) is 0 Å². The molecule has 0 radical (unpaired) electrons. The van der Waals surface area contributed by atoms with Gasteiger partial charge >= 0.3 is 5.97 Å². The minimum Gasteiger partial charge on any atom is -0.478 e. The van der Waals surface area contributed by atoms with Crippen molar-refractivity contribution in [2.45, 2.75) is 109 Å². The molecule has 0 rings (SSSR count). The maximum absolute atomic E-state index is 11.2. The summed E-state index contributed by atoms with van der Waals surface area (Å²) < 4.78 is 0. The summed E-state index contributed by atoms with van der Waals surface area (Å²) in [5.41, 5.74) is 2.94. The number of carbonyl (C=O) groups is 2. The number of nitrogens with one attached hydrogen (secondary N) is 1. The molecule has 6 heteroatoms. The third kappa shape index (κ3) is 13.1. The van der Waals surface area contributed by atoms with Gasteiger partial charge in [0.25, 0.3) is 0 Å². The summed E-state index contributed by atoms with van der Waals surface area (Å²) >= 11 is 0. The highest BCUT2D eigenvalue weighted by atomic mass is 16.4. The normalized spacial score (nSPS) is 13.3. The standard InChI is InChI=1S/C20H40N2O4/c1-2-3-4-5-6-7-8-9-10-11-12-13-14-15-16-20(26,19(24)25)22-18(23)17-21/h26H,2-17,21H2,1H3,(H,22,23)(H,24,25). The molecular weight excluding hydrogens is 332 g/mol. The largest absolute Gasteiger partial charge is 0.478 e. The maximum Gasteiger partial charge on any atom is 0.357 e. The minimum absolute atomic E-state index is 0.00606. The van der Waals surface area contributed by atoms with E-state index in [-0.39, 0.29) is 13.0 Å². The van der Waals surface area contributed by atoms with Gasteiger partial charge in [-0.2, -0.15) is 0 Å². The van der Waals surface area contributed by atoms with Crippen molar-refractivity contribution < 1.29 is 19.8 Å². The van der Waals surface area contributed by atoms with Gasteiger partial charge in [-0.15, -0.1) is 0 Å². The average molecular weight is 373 g/mol. The number of aliphatic carboxylic acids is 1. The van der Waals surface area contributed by atoms with E-state index in [0.29, 0.717) is 6.42 Å². The van der Waals surface area contributed by atoms with Gasteiger partial charge in [0, 0.05) is 6.42 Å². The number of carboxylic acid groups (broad SMARTS) is 1. The lowest BCUT2D eigenvalue weighted by Crippen LogP contribution is -2.55. The van der Waals surface area contributed by atoms with Gasteiger partial charge in [-0.1, -0.05) is 90.4 Å². The van der Waals surface area contributed by atoms with Crippen LogP contribution in [0.15, 0.2) is 0 Å². The van der Waals surface area contributed by atoms with Crippen LogP contribution in [0.3, 0.4) is 0 Å². The molecule has 26 heavy (non-hydrogen) atoms. The summed E-state index contributed by atoms with van der Waals surface area (Å²) in [6, 6.07) is 0. The van der Waals surface area contributed by atoms with Gasteiger partial charge < -0.3 is 21.3 Å². The van der Waals surface area contributed by atoms with Gasteiger partial charge in [-0.25, -0.2) is 4.79 Å². The van der Waals surface area contributed by atoms with E-state index in [4.69, 9.17) is 10.8 Å². The molecule has 0 aromatic heterocycles. The molecule has 0 saturated heterocycles. The van der Waals surface area contributed by atoms with Crippen molar-refractivity contribution in [3.05, 3.63) is 0 Å². The van der Waals surface area contributed by atoms with Crippen LogP contribution >= 0.6 is 0 Å². The first-order chi connectivity index (χ1) is 12.5. The zero-order chi connectivity index (χ0) is 19.7. The molecule has 0 spiro atoms. The van der Waals surface area contributed by atoms with Crippen LogP contribution in [0.4, 0.5) is 0 Å². The van der Waals surface area contributed by atoms with Crippen LogP contribution in [0, 0.1) is 0 Å². The molecule has 0 aromatic rings. The summed E-state index contributed by atoms with van der Waals surface area (Å²) in [6.07, 6.45) is 16.8. The number of nitrogens with two attached hydrogens (primary N) is 1. The van der Waals surface area contributed by atoms with Gasteiger partial charge in [-0.3, -0.25) is 4.79 Å². The van der Waals surface area contributed by atoms with E-state index in [2.05, 4.69) is 12.2 Å². The lowest BCUT2D eigenvalue weighted by Gasteiger charge is -2.24. The molecule has 6 nitrogen and oxygen atoms in total. The maximum atomic E-state index is 11.2. The van der Waals surface area contributed by atoms with Crippen LogP contribution in [0.2, 0.25) is 0 Å². The van der Waals surface area contributed by atoms with Crippen LogP contribution in [0.25, 0.3) is 0 Å². The van der Waals surface area contributed by atoms with Gasteiger partial charge in [0.2, 0.25) is 11.6 Å². The highest BCUT2D eigenvalue weighted by molar-refractivity contribution is 5.86. The van der Waals surface area contributed by atoms with E-state index in [1.54, 1.807) is 0 Å². The molecular formula is C20H40N2O4. The molecule has 0 bridgehead atoms. The number of carboxylic acids is 1. The van der Waals surface area contributed by atoms with Crippen LogP contribution in [-0.4, -0.2) is 34.4 Å². The SMILES string of the molecule is CCCCCCCCCCCCCCCCC(O)(NC(=O)CN)C(=O)O. The van der Waals surface area contributed by atoms with Crippen molar-refractivity contribution in [3.63, 3.8) is 0 Å². The van der Waals surface area contributed by atoms with Crippen LogP contribution < -0.4 is 11.1 Å². The Morgan fingerprint density at radius 3 is 1.54 bits per heavy atom. The minimum atomic E-state index is -2.20. The molecule has 0 fully saturated rings. The van der Waals surface area contributed by atoms with Gasteiger partial charge in [0.15, 0.2) is 0 Å². The Labute approximate surface area is 158 Å². The van der Waals surface area contributed by atoms with Crippen molar-refractivity contribution in [3.8, 4) is 0 Å². The third-order valence-electron chi connectivity index (χ3n) is 4.78. The van der Waals surface area contributed by atoms with Gasteiger partial charge in [-0.05, 0) is 6.42 Å². The Bertz CT molecular complexity index is 377. The third-order valence-corrected chi connectivity index (χ3v) is 4.78. The van der Waals surface area contributed by atoms with E-state index in [9.17, 15) is 14.7 Å². The molecule has 0 saturated carbocycles. The van der Waals surface area contributed by atoms with Gasteiger partial charge in [0.05, 0.1) is 6.54 Å². The molecule has 1 atom stereocenters. The molecule has 0 aromatic carbocycles. The van der Waals surface area contributed by atoms with E-state index in [0.717, 1.165) is 19.3 Å². The molecule has 0 heterocycles. The molecule has 0 aliphatic carbocycles. The topological polar surface area (TPSA) is 113 Å². The van der Waals surface area contributed by atoms with Crippen molar-refractivity contribution >= 4 is 11.9 Å². The number of unbranched alkanes of at least 4 members (excludes halogenated alkanes) is 13. The summed E-state index contributed by atoms with van der Waals surface area (Å²) in [6.45, 7) is 1.90. The van der Waals surface area contributed by atoms with E-state index in [1.165, 1.54) is 64.2 Å². The van der Waals surface area contributed by atoms with Crippen molar-refractivity contribution in [1.29, 1.82) is 0 Å². The van der Waals surface area contributed by atoms with E-state index < -0.39 is 17.6 Å². The smallest absolute Gasteiger partial charge is 0.357 e. The summed E-state index contributed by atoms with van der Waals surface area (Å²) in [4.78, 5) is 22.4. The molecule has 0 aliphatic rings. The fourth-order valence-corrected chi connectivity index (χ4v) is 3.08. The van der Waals surface area contributed by atoms with Crippen molar-refractivity contribution in [1.82, 2.24) is 5.32 Å². The number of rotatable bonds is 18. The first-order valence-corrected chi connectivity index (χ1v) is 10.4. The molecule has 1 unspecified atom stereocenters. The number of hydrogen-bond acceptors (Lipinski definition) is 4. The van der Waals surface area contributed by atoms with Crippen LogP contribution in [0.5, 0.6) is 0 Å². The summed E-state index contributed by atoms with van der Waals surface area (Å²) in [5.74, 6) is -2.10. The zero-order valence-electron chi connectivity index (χ0n) is 16.6. The van der Waals surface area contributed by atoms with Crippen molar-refractivity contribution in [2.24, 2.45) is 5.73 Å². The molecule has 5 N–H and O–H groups in total.